The molecule has 4 nitrogen and oxygen atoms in total. The topological polar surface area (TPSA) is 52.7 Å². The van der Waals surface area contributed by atoms with E-state index in [4.69, 9.17) is 12.2 Å². The second kappa shape index (κ2) is 7.22. The SMILES string of the molecule is CC(C)CNC(=S)NCCCc1ncc[nH]1. The Bertz CT molecular complexity index is 295. The average Bonchev–Trinajstić information content (AvgIpc) is 2.74. The number of aromatic amines is 1. The second-order valence-corrected chi connectivity index (χ2v) is 4.58. The smallest absolute Gasteiger partial charge is 0.166 e. The minimum absolute atomic E-state index is 0.614. The third kappa shape index (κ3) is 5.70. The molecule has 1 rings (SSSR count). The Hall–Kier alpha value is -1.10. The molecule has 0 aliphatic heterocycles. The molecule has 0 aromatic carbocycles. The van der Waals surface area contributed by atoms with Crippen LogP contribution in [0.25, 0.3) is 0 Å². The summed E-state index contributed by atoms with van der Waals surface area (Å²) in [6.45, 7) is 6.12. The van der Waals surface area contributed by atoms with E-state index in [2.05, 4.69) is 34.4 Å². The molecule has 0 aliphatic carbocycles. The van der Waals surface area contributed by atoms with Crippen molar-refractivity contribution < 1.29 is 0 Å². The zero-order valence-corrected chi connectivity index (χ0v) is 10.7. The molecule has 0 spiro atoms. The van der Waals surface area contributed by atoms with Crippen LogP contribution >= 0.6 is 12.2 Å². The van der Waals surface area contributed by atoms with Gasteiger partial charge in [0.1, 0.15) is 5.82 Å². The van der Waals surface area contributed by atoms with E-state index in [1.807, 2.05) is 6.20 Å². The quantitative estimate of drug-likeness (QED) is 0.520. The molecule has 0 radical (unpaired) electrons. The van der Waals surface area contributed by atoms with E-state index in [1.54, 1.807) is 6.20 Å². The minimum atomic E-state index is 0.614. The predicted molar refractivity (Wildman–Crippen MR) is 70.4 cm³/mol. The van der Waals surface area contributed by atoms with Crippen molar-refractivity contribution in [1.82, 2.24) is 20.6 Å². The fourth-order valence-electron chi connectivity index (χ4n) is 1.25. The number of H-pyrrole nitrogens is 1. The average molecular weight is 240 g/mol. The largest absolute Gasteiger partial charge is 0.363 e. The van der Waals surface area contributed by atoms with Crippen LogP contribution in [0, 0.1) is 5.92 Å². The van der Waals surface area contributed by atoms with Crippen molar-refractivity contribution in [2.75, 3.05) is 13.1 Å². The van der Waals surface area contributed by atoms with Crippen LogP contribution in [0.15, 0.2) is 12.4 Å². The molecular formula is C11H20N4S. The summed E-state index contributed by atoms with van der Waals surface area (Å²) in [6, 6.07) is 0. The summed E-state index contributed by atoms with van der Waals surface area (Å²) >= 11 is 5.14. The summed E-state index contributed by atoms with van der Waals surface area (Å²) in [4.78, 5) is 7.24. The highest BCUT2D eigenvalue weighted by atomic mass is 32.1. The van der Waals surface area contributed by atoms with Gasteiger partial charge in [-0.2, -0.15) is 0 Å². The number of nitrogens with zero attached hydrogens (tertiary/aromatic N) is 1. The normalized spacial score (nSPS) is 10.4. The molecule has 0 saturated carbocycles. The number of nitrogens with one attached hydrogen (secondary N) is 3. The fraction of sp³-hybridized carbons (Fsp3) is 0.636. The van der Waals surface area contributed by atoms with Gasteiger partial charge in [-0.25, -0.2) is 4.98 Å². The lowest BCUT2D eigenvalue weighted by molar-refractivity contribution is 0.617. The Labute approximate surface area is 102 Å². The van der Waals surface area contributed by atoms with Crippen molar-refractivity contribution in [3.8, 4) is 0 Å². The van der Waals surface area contributed by atoms with Crippen LogP contribution in [-0.4, -0.2) is 28.2 Å². The molecule has 0 aliphatic rings. The number of hydrogen-bond donors (Lipinski definition) is 3. The number of thiocarbonyl (C=S) groups is 1. The van der Waals surface area contributed by atoms with Gasteiger partial charge in [-0.3, -0.25) is 0 Å². The predicted octanol–water partition coefficient (Wildman–Crippen LogP) is 1.46. The Balaban J connectivity index is 2.00. The summed E-state index contributed by atoms with van der Waals surface area (Å²) in [5.74, 6) is 1.64. The van der Waals surface area contributed by atoms with E-state index in [9.17, 15) is 0 Å². The highest BCUT2D eigenvalue weighted by Crippen LogP contribution is 1.93. The van der Waals surface area contributed by atoms with Crippen molar-refractivity contribution in [2.24, 2.45) is 5.92 Å². The zero-order valence-electron chi connectivity index (χ0n) is 9.92. The molecule has 0 unspecified atom stereocenters. The van der Waals surface area contributed by atoms with Gasteiger partial charge in [0.05, 0.1) is 0 Å². The van der Waals surface area contributed by atoms with Crippen LogP contribution in [0.1, 0.15) is 26.1 Å². The van der Waals surface area contributed by atoms with E-state index < -0.39 is 0 Å². The minimum Gasteiger partial charge on any atom is -0.363 e. The van der Waals surface area contributed by atoms with Gasteiger partial charge < -0.3 is 15.6 Å². The summed E-state index contributed by atoms with van der Waals surface area (Å²) in [5, 5.41) is 7.10. The van der Waals surface area contributed by atoms with E-state index in [-0.39, 0.29) is 0 Å². The van der Waals surface area contributed by atoms with Crippen molar-refractivity contribution in [3.63, 3.8) is 0 Å². The Kier molecular flexibility index (Phi) is 5.85. The van der Waals surface area contributed by atoms with Crippen LogP contribution in [0.5, 0.6) is 0 Å². The van der Waals surface area contributed by atoms with Crippen molar-refractivity contribution in [2.45, 2.75) is 26.7 Å². The molecule has 3 N–H and O–H groups in total. The molecule has 5 heteroatoms. The lowest BCUT2D eigenvalue weighted by atomic mass is 10.2. The molecule has 0 amide bonds. The van der Waals surface area contributed by atoms with Crippen LogP contribution in [0.2, 0.25) is 0 Å². The fourth-order valence-corrected chi connectivity index (χ4v) is 1.44. The molecule has 0 fully saturated rings. The monoisotopic (exact) mass is 240 g/mol. The van der Waals surface area contributed by atoms with Crippen LogP contribution < -0.4 is 10.6 Å². The first-order valence-electron chi connectivity index (χ1n) is 5.68. The lowest BCUT2D eigenvalue weighted by Crippen LogP contribution is -2.37. The maximum atomic E-state index is 5.14. The first-order valence-corrected chi connectivity index (χ1v) is 6.09. The van der Waals surface area contributed by atoms with Crippen molar-refractivity contribution in [3.05, 3.63) is 18.2 Å². The molecule has 1 heterocycles. The van der Waals surface area contributed by atoms with E-state index in [1.165, 1.54) is 0 Å². The third-order valence-corrected chi connectivity index (χ3v) is 2.39. The molecule has 1 aromatic rings. The first-order chi connectivity index (χ1) is 7.68. The van der Waals surface area contributed by atoms with E-state index >= 15 is 0 Å². The zero-order chi connectivity index (χ0) is 11.8. The summed E-state index contributed by atoms with van der Waals surface area (Å²) < 4.78 is 0. The second-order valence-electron chi connectivity index (χ2n) is 4.17. The van der Waals surface area contributed by atoms with E-state index in [0.717, 1.165) is 36.9 Å². The molecular weight excluding hydrogens is 220 g/mol. The first kappa shape index (κ1) is 13.0. The molecule has 16 heavy (non-hydrogen) atoms. The Morgan fingerprint density at radius 2 is 2.31 bits per heavy atom. The van der Waals surface area contributed by atoms with Gasteiger partial charge in [0.2, 0.25) is 0 Å². The van der Waals surface area contributed by atoms with Crippen molar-refractivity contribution in [1.29, 1.82) is 0 Å². The lowest BCUT2D eigenvalue weighted by Gasteiger charge is -2.11. The maximum Gasteiger partial charge on any atom is 0.166 e. The van der Waals surface area contributed by atoms with E-state index in [0.29, 0.717) is 5.92 Å². The number of rotatable bonds is 6. The van der Waals surface area contributed by atoms with Gasteiger partial charge in [0, 0.05) is 31.9 Å². The summed E-state index contributed by atoms with van der Waals surface area (Å²) in [7, 11) is 0. The maximum absolute atomic E-state index is 5.14. The molecule has 0 saturated heterocycles. The number of aryl methyl sites for hydroxylation is 1. The Morgan fingerprint density at radius 3 is 2.94 bits per heavy atom. The molecule has 1 aromatic heterocycles. The molecule has 90 valence electrons. The van der Waals surface area contributed by atoms with Crippen molar-refractivity contribution >= 4 is 17.3 Å². The van der Waals surface area contributed by atoms with Crippen LogP contribution in [-0.2, 0) is 6.42 Å². The Morgan fingerprint density at radius 1 is 1.50 bits per heavy atom. The number of aromatic nitrogens is 2. The van der Waals surface area contributed by atoms with Gasteiger partial charge in [0.15, 0.2) is 5.11 Å². The third-order valence-electron chi connectivity index (χ3n) is 2.10. The van der Waals surface area contributed by atoms with Gasteiger partial charge >= 0.3 is 0 Å². The van der Waals surface area contributed by atoms with Gasteiger partial charge in [-0.1, -0.05) is 13.8 Å². The van der Waals surface area contributed by atoms with Crippen LogP contribution in [0.3, 0.4) is 0 Å². The molecule has 0 atom stereocenters. The standard InChI is InChI=1S/C11H20N4S/c1-9(2)8-15-11(16)14-5-3-4-10-12-6-7-13-10/h6-7,9H,3-5,8H2,1-2H3,(H,12,13)(H2,14,15,16). The van der Waals surface area contributed by atoms with Crippen LogP contribution in [0.4, 0.5) is 0 Å². The number of hydrogen-bond acceptors (Lipinski definition) is 2. The van der Waals surface area contributed by atoms with Gasteiger partial charge in [0.25, 0.3) is 0 Å². The number of imidazole rings is 1. The summed E-state index contributed by atoms with van der Waals surface area (Å²) in [6.07, 6.45) is 5.60. The highest BCUT2D eigenvalue weighted by Gasteiger charge is 1.98. The molecule has 0 bridgehead atoms. The van der Waals surface area contributed by atoms with Gasteiger partial charge in [-0.05, 0) is 24.6 Å². The van der Waals surface area contributed by atoms with Gasteiger partial charge in [-0.15, -0.1) is 0 Å². The summed E-state index contributed by atoms with van der Waals surface area (Å²) in [5.41, 5.74) is 0. The highest BCUT2D eigenvalue weighted by molar-refractivity contribution is 7.80.